The molecule has 2 N–H and O–H groups in total. The summed E-state index contributed by atoms with van der Waals surface area (Å²) in [7, 11) is 0. The Morgan fingerprint density at radius 1 is 1.18 bits per heavy atom. The minimum absolute atomic E-state index is 0.155. The first-order valence-corrected chi connectivity index (χ1v) is 6.99. The van der Waals surface area contributed by atoms with Crippen molar-refractivity contribution in [1.82, 2.24) is 9.97 Å². The summed E-state index contributed by atoms with van der Waals surface area (Å²) in [6, 6.07) is 15.5. The number of H-pyrrole nitrogens is 1. The second kappa shape index (κ2) is 5.04. The number of nitrogens with one attached hydrogen (secondary N) is 2. The SMILES string of the molecule is O=C(Cc1ccc2cc[nH]c2c1)Nc1nc2ccccc2o1. The molecule has 0 atom stereocenters. The number of rotatable bonds is 3. The van der Waals surface area contributed by atoms with Crippen LogP contribution < -0.4 is 5.32 Å². The first-order chi connectivity index (χ1) is 10.8. The molecule has 1 amide bonds. The predicted octanol–water partition coefficient (Wildman–Crippen LogP) is 3.49. The average molecular weight is 291 g/mol. The molecule has 4 aromatic rings. The molecular weight excluding hydrogens is 278 g/mol. The Bertz CT molecular complexity index is 929. The van der Waals surface area contributed by atoms with Crippen LogP contribution in [0.2, 0.25) is 0 Å². The molecule has 22 heavy (non-hydrogen) atoms. The van der Waals surface area contributed by atoms with E-state index in [0.29, 0.717) is 5.58 Å². The molecule has 5 heteroatoms. The zero-order valence-corrected chi connectivity index (χ0v) is 11.7. The summed E-state index contributed by atoms with van der Waals surface area (Å²) in [6.45, 7) is 0. The maximum absolute atomic E-state index is 12.1. The van der Waals surface area contributed by atoms with E-state index in [0.717, 1.165) is 22.0 Å². The Hall–Kier alpha value is -3.08. The van der Waals surface area contributed by atoms with Crippen molar-refractivity contribution in [3.8, 4) is 0 Å². The van der Waals surface area contributed by atoms with Crippen LogP contribution in [0.25, 0.3) is 22.0 Å². The number of hydrogen-bond donors (Lipinski definition) is 2. The summed E-state index contributed by atoms with van der Waals surface area (Å²) in [4.78, 5) is 19.5. The van der Waals surface area contributed by atoms with Crippen LogP contribution in [0.15, 0.2) is 59.1 Å². The summed E-state index contributed by atoms with van der Waals surface area (Å²) in [5.41, 5.74) is 3.34. The summed E-state index contributed by atoms with van der Waals surface area (Å²) in [6.07, 6.45) is 2.15. The van der Waals surface area contributed by atoms with Gasteiger partial charge in [0.25, 0.3) is 0 Å². The van der Waals surface area contributed by atoms with Gasteiger partial charge in [0, 0.05) is 11.7 Å². The maximum atomic E-state index is 12.1. The number of carbonyl (C=O) groups excluding carboxylic acids is 1. The summed E-state index contributed by atoms with van der Waals surface area (Å²) in [5, 5.41) is 3.82. The van der Waals surface area contributed by atoms with Crippen LogP contribution in [-0.4, -0.2) is 15.9 Å². The van der Waals surface area contributed by atoms with Gasteiger partial charge in [0.05, 0.1) is 6.42 Å². The molecule has 0 aliphatic heterocycles. The highest BCUT2D eigenvalue weighted by atomic mass is 16.4. The van der Waals surface area contributed by atoms with E-state index in [1.807, 2.05) is 54.7 Å². The van der Waals surface area contributed by atoms with Crippen LogP contribution in [-0.2, 0) is 11.2 Å². The molecule has 0 aliphatic rings. The molecule has 2 aromatic heterocycles. The molecule has 2 aromatic carbocycles. The first-order valence-electron chi connectivity index (χ1n) is 6.99. The molecule has 0 spiro atoms. The van der Waals surface area contributed by atoms with Gasteiger partial charge in [-0.2, -0.15) is 4.98 Å². The predicted molar refractivity (Wildman–Crippen MR) is 84.6 cm³/mol. The summed E-state index contributed by atoms with van der Waals surface area (Å²) < 4.78 is 5.49. The van der Waals surface area contributed by atoms with Crippen molar-refractivity contribution in [2.24, 2.45) is 0 Å². The lowest BCUT2D eigenvalue weighted by Gasteiger charge is -2.01. The normalized spacial score (nSPS) is 11.1. The average Bonchev–Trinajstić information content (AvgIpc) is 3.11. The van der Waals surface area contributed by atoms with Crippen molar-refractivity contribution in [3.63, 3.8) is 0 Å². The number of para-hydroxylation sites is 2. The van der Waals surface area contributed by atoms with Gasteiger partial charge in [0.2, 0.25) is 5.91 Å². The molecule has 2 heterocycles. The molecule has 0 bridgehead atoms. The van der Waals surface area contributed by atoms with Crippen LogP contribution in [0.4, 0.5) is 6.01 Å². The van der Waals surface area contributed by atoms with Crippen molar-refractivity contribution in [3.05, 3.63) is 60.3 Å². The maximum Gasteiger partial charge on any atom is 0.302 e. The molecule has 4 rings (SSSR count). The van der Waals surface area contributed by atoms with Gasteiger partial charge in [-0.05, 0) is 35.2 Å². The topological polar surface area (TPSA) is 70.9 Å². The summed E-state index contributed by atoms with van der Waals surface area (Å²) >= 11 is 0. The van der Waals surface area contributed by atoms with Crippen molar-refractivity contribution in [1.29, 1.82) is 0 Å². The van der Waals surface area contributed by atoms with Gasteiger partial charge < -0.3 is 9.40 Å². The molecule has 0 saturated heterocycles. The van der Waals surface area contributed by atoms with E-state index in [2.05, 4.69) is 15.3 Å². The highest BCUT2D eigenvalue weighted by Gasteiger charge is 2.10. The number of amides is 1. The fourth-order valence-corrected chi connectivity index (χ4v) is 2.48. The van der Waals surface area contributed by atoms with Gasteiger partial charge in [-0.25, -0.2) is 0 Å². The third-order valence-corrected chi connectivity index (χ3v) is 3.52. The highest BCUT2D eigenvalue weighted by molar-refractivity contribution is 5.92. The Balaban J connectivity index is 1.51. The Labute approximate surface area is 126 Å². The fraction of sp³-hybridized carbons (Fsp3) is 0.0588. The van der Waals surface area contributed by atoms with Gasteiger partial charge in [-0.3, -0.25) is 10.1 Å². The van der Waals surface area contributed by atoms with E-state index in [4.69, 9.17) is 4.42 Å². The highest BCUT2D eigenvalue weighted by Crippen LogP contribution is 2.19. The van der Waals surface area contributed by atoms with Crippen molar-refractivity contribution >= 4 is 33.9 Å². The smallest absolute Gasteiger partial charge is 0.302 e. The number of aromatic amines is 1. The standard InChI is InChI=1S/C17H13N3O2/c21-16(10-11-5-6-12-7-8-18-14(12)9-11)20-17-19-13-3-1-2-4-15(13)22-17/h1-9,18H,10H2,(H,19,20,21). The number of hydrogen-bond acceptors (Lipinski definition) is 3. The van der Waals surface area contributed by atoms with Gasteiger partial charge in [0.1, 0.15) is 5.52 Å². The van der Waals surface area contributed by atoms with Crippen LogP contribution >= 0.6 is 0 Å². The molecule has 0 fully saturated rings. The lowest BCUT2D eigenvalue weighted by Crippen LogP contribution is -2.14. The van der Waals surface area contributed by atoms with Crippen molar-refractivity contribution < 1.29 is 9.21 Å². The van der Waals surface area contributed by atoms with Gasteiger partial charge in [-0.1, -0.05) is 24.3 Å². The third kappa shape index (κ3) is 2.33. The number of oxazole rings is 1. The molecule has 108 valence electrons. The number of nitrogens with zero attached hydrogens (tertiary/aromatic N) is 1. The van der Waals surface area contributed by atoms with Gasteiger partial charge in [-0.15, -0.1) is 0 Å². The molecular formula is C17H13N3O2. The Morgan fingerprint density at radius 2 is 2.09 bits per heavy atom. The van der Waals surface area contributed by atoms with E-state index < -0.39 is 0 Å². The van der Waals surface area contributed by atoms with Crippen LogP contribution in [0.3, 0.4) is 0 Å². The lowest BCUT2D eigenvalue weighted by atomic mass is 10.1. The number of anilines is 1. The lowest BCUT2D eigenvalue weighted by molar-refractivity contribution is -0.115. The monoisotopic (exact) mass is 291 g/mol. The molecule has 0 aliphatic carbocycles. The number of aromatic nitrogens is 2. The Morgan fingerprint density at radius 3 is 3.00 bits per heavy atom. The van der Waals surface area contributed by atoms with Crippen LogP contribution in [0.5, 0.6) is 0 Å². The quantitative estimate of drug-likeness (QED) is 0.607. The molecule has 0 unspecified atom stereocenters. The second-order valence-corrected chi connectivity index (χ2v) is 5.11. The van der Waals surface area contributed by atoms with Crippen molar-refractivity contribution in [2.45, 2.75) is 6.42 Å². The molecule has 5 nitrogen and oxygen atoms in total. The zero-order valence-electron chi connectivity index (χ0n) is 11.7. The van der Waals surface area contributed by atoms with Crippen molar-refractivity contribution in [2.75, 3.05) is 5.32 Å². The molecule has 0 saturated carbocycles. The van der Waals surface area contributed by atoms with Gasteiger partial charge in [0.15, 0.2) is 5.58 Å². The van der Waals surface area contributed by atoms with Gasteiger partial charge >= 0.3 is 6.01 Å². The van der Waals surface area contributed by atoms with Crippen LogP contribution in [0, 0.1) is 0 Å². The van der Waals surface area contributed by atoms with E-state index in [1.54, 1.807) is 0 Å². The Kier molecular flexibility index (Phi) is 2.89. The van der Waals surface area contributed by atoms with E-state index >= 15 is 0 Å². The van der Waals surface area contributed by atoms with Crippen LogP contribution in [0.1, 0.15) is 5.56 Å². The third-order valence-electron chi connectivity index (χ3n) is 3.52. The first kappa shape index (κ1) is 12.6. The fourth-order valence-electron chi connectivity index (χ4n) is 2.48. The number of fused-ring (bicyclic) bond motifs is 2. The zero-order chi connectivity index (χ0) is 14.9. The molecule has 0 radical (unpaired) electrons. The van der Waals surface area contributed by atoms with E-state index in [9.17, 15) is 4.79 Å². The second-order valence-electron chi connectivity index (χ2n) is 5.11. The van der Waals surface area contributed by atoms with E-state index in [1.165, 1.54) is 0 Å². The largest absolute Gasteiger partial charge is 0.423 e. The number of benzene rings is 2. The van der Waals surface area contributed by atoms with E-state index in [-0.39, 0.29) is 18.3 Å². The number of carbonyl (C=O) groups is 1. The minimum Gasteiger partial charge on any atom is -0.423 e. The summed E-state index contributed by atoms with van der Waals surface area (Å²) in [5.74, 6) is -0.155. The minimum atomic E-state index is -0.155.